The van der Waals surface area contributed by atoms with Gasteiger partial charge in [-0.3, -0.25) is 4.79 Å². The van der Waals surface area contributed by atoms with Crippen molar-refractivity contribution >= 4 is 29.0 Å². The van der Waals surface area contributed by atoms with Gasteiger partial charge in [0.2, 0.25) is 5.78 Å². The lowest BCUT2D eigenvalue weighted by Gasteiger charge is -2.08. The molecule has 0 heterocycles. The van der Waals surface area contributed by atoms with E-state index in [2.05, 4.69) is 0 Å². The molecule has 0 bridgehead atoms. The average molecular weight is 324 g/mol. The van der Waals surface area contributed by atoms with Gasteiger partial charge in [-0.1, -0.05) is 23.2 Å². The van der Waals surface area contributed by atoms with Gasteiger partial charge in [-0.25, -0.2) is 4.39 Å². The highest BCUT2D eigenvalue weighted by Crippen LogP contribution is 2.23. The van der Waals surface area contributed by atoms with Gasteiger partial charge >= 0.3 is 0 Å². The first-order chi connectivity index (χ1) is 10.0. The highest BCUT2D eigenvalue weighted by Gasteiger charge is 2.13. The smallest absolute Gasteiger partial charge is 0.201 e. The minimum Gasteiger partial charge on any atom is -0.482 e. The van der Waals surface area contributed by atoms with Gasteiger partial charge in [0.15, 0.2) is 18.2 Å². The van der Waals surface area contributed by atoms with Gasteiger partial charge in [0.05, 0.1) is 16.7 Å². The molecular formula is C15H8Cl2FNO2. The van der Waals surface area contributed by atoms with Crippen molar-refractivity contribution in [2.45, 2.75) is 0 Å². The van der Waals surface area contributed by atoms with Crippen molar-refractivity contribution in [2.75, 3.05) is 6.61 Å². The van der Waals surface area contributed by atoms with E-state index >= 15 is 0 Å². The van der Waals surface area contributed by atoms with E-state index in [-0.39, 0.29) is 21.9 Å². The fourth-order valence-corrected chi connectivity index (χ4v) is 2.13. The molecule has 0 aliphatic carbocycles. The van der Waals surface area contributed by atoms with Crippen molar-refractivity contribution in [1.82, 2.24) is 0 Å². The Labute approximate surface area is 130 Å². The minimum atomic E-state index is -0.649. The monoisotopic (exact) mass is 323 g/mol. The van der Waals surface area contributed by atoms with Crippen LogP contribution in [0.15, 0.2) is 36.4 Å². The summed E-state index contributed by atoms with van der Waals surface area (Å²) in [5.74, 6) is -1.23. The van der Waals surface area contributed by atoms with Crippen LogP contribution in [-0.2, 0) is 0 Å². The molecule has 0 amide bonds. The number of nitriles is 1. The van der Waals surface area contributed by atoms with Crippen molar-refractivity contribution in [1.29, 1.82) is 5.26 Å². The molecule has 0 unspecified atom stereocenters. The maximum Gasteiger partial charge on any atom is 0.201 e. The molecule has 0 saturated carbocycles. The Morgan fingerprint density at radius 3 is 2.67 bits per heavy atom. The highest BCUT2D eigenvalue weighted by molar-refractivity contribution is 6.36. The van der Waals surface area contributed by atoms with E-state index in [1.54, 1.807) is 0 Å². The standard InChI is InChI=1S/C15H8Cl2FNO2/c16-10-2-3-11(12(17)6-10)14(20)8-21-15-5-9(7-19)1-4-13(15)18/h1-6H,8H2. The lowest BCUT2D eigenvalue weighted by Crippen LogP contribution is -2.12. The van der Waals surface area contributed by atoms with Gasteiger partial charge in [-0.05, 0) is 30.3 Å². The average Bonchev–Trinajstić information content (AvgIpc) is 2.46. The number of nitrogens with zero attached hydrogens (tertiary/aromatic N) is 1. The summed E-state index contributed by atoms with van der Waals surface area (Å²) in [5.41, 5.74) is 0.473. The van der Waals surface area contributed by atoms with Crippen LogP contribution in [0.1, 0.15) is 15.9 Å². The second-order valence-electron chi connectivity index (χ2n) is 4.09. The third-order valence-corrected chi connectivity index (χ3v) is 3.20. The van der Waals surface area contributed by atoms with Crippen molar-refractivity contribution in [3.8, 4) is 11.8 Å². The van der Waals surface area contributed by atoms with Crippen molar-refractivity contribution in [3.05, 3.63) is 63.4 Å². The fourth-order valence-electron chi connectivity index (χ4n) is 1.62. The number of halogens is 3. The topological polar surface area (TPSA) is 50.1 Å². The third-order valence-electron chi connectivity index (χ3n) is 2.65. The SMILES string of the molecule is N#Cc1ccc(F)c(OCC(=O)c2ccc(Cl)cc2Cl)c1. The van der Waals surface area contributed by atoms with Gasteiger partial charge < -0.3 is 4.74 Å². The first-order valence-electron chi connectivity index (χ1n) is 5.82. The highest BCUT2D eigenvalue weighted by atomic mass is 35.5. The van der Waals surface area contributed by atoms with E-state index in [4.69, 9.17) is 33.2 Å². The van der Waals surface area contributed by atoms with Crippen LogP contribution in [0.25, 0.3) is 0 Å². The summed E-state index contributed by atoms with van der Waals surface area (Å²) in [6, 6.07) is 9.95. The Bertz CT molecular complexity index is 741. The molecular weight excluding hydrogens is 316 g/mol. The quantitative estimate of drug-likeness (QED) is 0.789. The van der Waals surface area contributed by atoms with Gasteiger partial charge in [0.25, 0.3) is 0 Å². The Morgan fingerprint density at radius 1 is 1.24 bits per heavy atom. The van der Waals surface area contributed by atoms with E-state index in [1.165, 1.54) is 30.3 Å². The first kappa shape index (κ1) is 15.3. The first-order valence-corrected chi connectivity index (χ1v) is 6.57. The molecule has 0 fully saturated rings. The third kappa shape index (κ3) is 3.72. The second kappa shape index (κ2) is 6.57. The number of benzene rings is 2. The summed E-state index contributed by atoms with van der Waals surface area (Å²) >= 11 is 11.6. The molecule has 0 saturated heterocycles. The van der Waals surface area contributed by atoms with Gasteiger partial charge in [-0.15, -0.1) is 0 Å². The van der Waals surface area contributed by atoms with Gasteiger partial charge in [-0.2, -0.15) is 5.26 Å². The van der Waals surface area contributed by atoms with Crippen molar-refractivity contribution in [2.24, 2.45) is 0 Å². The lowest BCUT2D eigenvalue weighted by atomic mass is 10.1. The normalized spacial score (nSPS) is 10.0. The zero-order valence-corrected chi connectivity index (χ0v) is 12.1. The maximum absolute atomic E-state index is 13.5. The summed E-state index contributed by atoms with van der Waals surface area (Å²) in [6.45, 7) is -0.396. The number of ketones is 1. The molecule has 2 aromatic rings. The molecule has 0 N–H and O–H groups in total. The number of hydrogen-bond donors (Lipinski definition) is 0. The summed E-state index contributed by atoms with van der Waals surface area (Å²) in [7, 11) is 0. The van der Waals surface area contributed by atoms with Gasteiger partial charge in [0.1, 0.15) is 0 Å². The van der Waals surface area contributed by atoms with E-state index < -0.39 is 18.2 Å². The molecule has 21 heavy (non-hydrogen) atoms. The van der Waals surface area contributed by atoms with Crippen molar-refractivity contribution in [3.63, 3.8) is 0 Å². The molecule has 0 aliphatic heterocycles. The Kier molecular flexibility index (Phi) is 4.79. The van der Waals surface area contributed by atoms with Crippen LogP contribution in [0.3, 0.4) is 0 Å². The summed E-state index contributed by atoms with van der Waals surface area (Å²) in [4.78, 5) is 12.0. The van der Waals surface area contributed by atoms with Crippen LogP contribution in [0, 0.1) is 17.1 Å². The van der Waals surface area contributed by atoms with E-state index in [9.17, 15) is 9.18 Å². The number of rotatable bonds is 4. The van der Waals surface area contributed by atoms with E-state index in [0.29, 0.717) is 5.02 Å². The molecule has 0 aromatic heterocycles. The van der Waals surface area contributed by atoms with Crippen LogP contribution in [0.4, 0.5) is 4.39 Å². The Balaban J connectivity index is 2.13. The van der Waals surface area contributed by atoms with Crippen molar-refractivity contribution < 1.29 is 13.9 Å². The van der Waals surface area contributed by atoms with Crippen LogP contribution in [0.5, 0.6) is 5.75 Å². The van der Waals surface area contributed by atoms with Crippen LogP contribution in [0.2, 0.25) is 10.0 Å². The van der Waals surface area contributed by atoms with Crippen LogP contribution >= 0.6 is 23.2 Å². The molecule has 106 valence electrons. The molecule has 0 spiro atoms. The molecule has 2 rings (SSSR count). The minimum absolute atomic E-state index is 0.160. The maximum atomic E-state index is 13.5. The lowest BCUT2D eigenvalue weighted by molar-refractivity contribution is 0.0919. The molecule has 3 nitrogen and oxygen atoms in total. The molecule has 2 aromatic carbocycles. The number of hydrogen-bond acceptors (Lipinski definition) is 3. The summed E-state index contributed by atoms with van der Waals surface area (Å²) in [6.07, 6.45) is 0. The number of carbonyl (C=O) groups is 1. The van der Waals surface area contributed by atoms with E-state index in [1.807, 2.05) is 6.07 Å². The molecule has 0 atom stereocenters. The van der Waals surface area contributed by atoms with Gasteiger partial charge in [0, 0.05) is 16.7 Å². The van der Waals surface area contributed by atoms with Crippen LogP contribution in [-0.4, -0.2) is 12.4 Å². The zero-order chi connectivity index (χ0) is 15.4. The zero-order valence-electron chi connectivity index (χ0n) is 10.6. The summed E-state index contributed by atoms with van der Waals surface area (Å²) in [5, 5.41) is 9.35. The molecule has 0 radical (unpaired) electrons. The largest absolute Gasteiger partial charge is 0.482 e. The number of Topliss-reactive ketones (excluding diaryl/α,β-unsaturated/α-hetero) is 1. The molecule has 0 aliphatic rings. The second-order valence-corrected chi connectivity index (χ2v) is 4.94. The van der Waals surface area contributed by atoms with E-state index in [0.717, 1.165) is 6.07 Å². The Morgan fingerprint density at radius 2 is 2.00 bits per heavy atom. The predicted molar refractivity (Wildman–Crippen MR) is 77.4 cm³/mol. The molecule has 6 heteroatoms. The predicted octanol–water partition coefficient (Wildman–Crippen LogP) is 4.27. The Hall–Kier alpha value is -2.09. The van der Waals surface area contributed by atoms with Crippen LogP contribution < -0.4 is 4.74 Å². The number of ether oxygens (including phenoxy) is 1. The fraction of sp³-hybridized carbons (Fsp3) is 0.0667. The summed E-state index contributed by atoms with van der Waals surface area (Å²) < 4.78 is 18.6. The number of carbonyl (C=O) groups excluding carboxylic acids is 1.